The molecule has 2 heterocycles. The van der Waals surface area contributed by atoms with E-state index in [1.54, 1.807) is 0 Å². The molecule has 0 amide bonds. The molecule has 104 valence electrons. The fourth-order valence-electron chi connectivity index (χ4n) is 2.38. The first-order chi connectivity index (χ1) is 8.91. The molecule has 3 N–H and O–H groups in total. The van der Waals surface area contributed by atoms with Crippen LogP contribution in [0, 0.1) is 19.3 Å². The van der Waals surface area contributed by atoms with Crippen molar-refractivity contribution >= 4 is 11.7 Å². The second-order valence-electron chi connectivity index (χ2n) is 5.30. The van der Waals surface area contributed by atoms with Crippen LogP contribution < -0.4 is 10.6 Å². The first-order valence-electron chi connectivity index (χ1n) is 6.55. The summed E-state index contributed by atoms with van der Waals surface area (Å²) < 4.78 is 0. The Balaban J connectivity index is 2.40. The van der Waals surface area contributed by atoms with E-state index >= 15 is 0 Å². The van der Waals surface area contributed by atoms with Crippen molar-refractivity contribution in [1.29, 1.82) is 5.41 Å². The maximum atomic E-state index is 7.80. The van der Waals surface area contributed by atoms with E-state index in [9.17, 15) is 0 Å². The summed E-state index contributed by atoms with van der Waals surface area (Å²) in [5, 5.41) is 16.3. The van der Waals surface area contributed by atoms with Crippen molar-refractivity contribution < 1.29 is 0 Å². The lowest BCUT2D eigenvalue weighted by atomic mass is 10.1. The Kier molecular flexibility index (Phi) is 3.71. The molecule has 1 saturated heterocycles. The number of anilines is 1. The number of hydrogen-bond acceptors (Lipinski definition) is 5. The number of nitrogens with two attached hydrogens (primary N) is 1. The van der Waals surface area contributed by atoms with Crippen LogP contribution in [0.4, 0.5) is 5.82 Å². The number of amidine groups is 1. The average Bonchev–Trinajstić information content (AvgIpc) is 2.35. The van der Waals surface area contributed by atoms with Gasteiger partial charge in [-0.15, -0.1) is 5.10 Å². The number of hydrogen-bond donors (Lipinski definition) is 2. The smallest absolute Gasteiger partial charge is 0.162 e. The van der Waals surface area contributed by atoms with Gasteiger partial charge in [0.1, 0.15) is 5.84 Å². The Labute approximate surface area is 114 Å². The van der Waals surface area contributed by atoms with Gasteiger partial charge in [0, 0.05) is 25.7 Å². The van der Waals surface area contributed by atoms with Crippen molar-refractivity contribution in [3.8, 4) is 0 Å². The highest BCUT2D eigenvalue weighted by atomic mass is 15.3. The van der Waals surface area contributed by atoms with Crippen LogP contribution in [0.15, 0.2) is 0 Å². The van der Waals surface area contributed by atoms with Crippen molar-refractivity contribution in [2.24, 2.45) is 5.73 Å². The first kappa shape index (κ1) is 13.7. The van der Waals surface area contributed by atoms with Gasteiger partial charge < -0.3 is 15.5 Å². The second kappa shape index (κ2) is 5.13. The zero-order valence-electron chi connectivity index (χ0n) is 12.1. The van der Waals surface area contributed by atoms with Crippen molar-refractivity contribution in [2.45, 2.75) is 26.8 Å². The van der Waals surface area contributed by atoms with Gasteiger partial charge in [-0.1, -0.05) is 0 Å². The van der Waals surface area contributed by atoms with Crippen LogP contribution in [0.25, 0.3) is 0 Å². The van der Waals surface area contributed by atoms with Crippen LogP contribution in [0.3, 0.4) is 0 Å². The first-order valence-corrected chi connectivity index (χ1v) is 6.55. The molecule has 1 fully saturated rings. The van der Waals surface area contributed by atoms with E-state index in [1.807, 2.05) is 13.8 Å². The lowest BCUT2D eigenvalue weighted by Crippen LogP contribution is -2.51. The van der Waals surface area contributed by atoms with E-state index in [0.29, 0.717) is 6.04 Å². The summed E-state index contributed by atoms with van der Waals surface area (Å²) in [5.74, 6) is 0.813. The highest BCUT2D eigenvalue weighted by molar-refractivity contribution is 6.01. The fourth-order valence-corrected chi connectivity index (χ4v) is 2.38. The third kappa shape index (κ3) is 2.53. The van der Waals surface area contributed by atoms with Crippen LogP contribution in [-0.4, -0.2) is 53.7 Å². The molecule has 2 rings (SSSR count). The molecular weight excluding hydrogens is 240 g/mol. The van der Waals surface area contributed by atoms with Gasteiger partial charge in [-0.25, -0.2) is 0 Å². The predicted octanol–water partition coefficient (Wildman–Crippen LogP) is 0.518. The van der Waals surface area contributed by atoms with E-state index in [-0.39, 0.29) is 5.84 Å². The summed E-state index contributed by atoms with van der Waals surface area (Å²) >= 11 is 0. The fraction of sp³-hybridized carbons (Fsp3) is 0.615. The number of aromatic nitrogens is 2. The summed E-state index contributed by atoms with van der Waals surface area (Å²) in [5.41, 5.74) is 8.24. The van der Waals surface area contributed by atoms with E-state index < -0.39 is 0 Å². The molecule has 0 radical (unpaired) electrons. The SMILES string of the molecule is Cc1nnc(N2CCN(C)C(C)C2)c(C(=N)N)c1C. The minimum absolute atomic E-state index is 0.0667. The van der Waals surface area contributed by atoms with Gasteiger partial charge in [0.2, 0.25) is 0 Å². The van der Waals surface area contributed by atoms with Gasteiger partial charge in [0.05, 0.1) is 11.3 Å². The molecular formula is C13H22N6. The number of nitrogen functional groups attached to an aromatic ring is 1. The molecule has 1 atom stereocenters. The second-order valence-corrected chi connectivity index (χ2v) is 5.30. The van der Waals surface area contributed by atoms with E-state index in [2.05, 4.69) is 34.0 Å². The molecule has 0 aromatic carbocycles. The van der Waals surface area contributed by atoms with E-state index in [1.165, 1.54) is 0 Å². The Morgan fingerprint density at radius 2 is 2.00 bits per heavy atom. The monoisotopic (exact) mass is 262 g/mol. The number of nitrogens with zero attached hydrogens (tertiary/aromatic N) is 4. The normalized spacial score (nSPS) is 20.6. The van der Waals surface area contributed by atoms with Crippen LogP contribution in [0.2, 0.25) is 0 Å². The Bertz CT molecular complexity index is 498. The maximum absolute atomic E-state index is 7.80. The third-order valence-electron chi connectivity index (χ3n) is 3.96. The Hall–Kier alpha value is -1.69. The molecule has 0 saturated carbocycles. The summed E-state index contributed by atoms with van der Waals surface area (Å²) in [6.07, 6.45) is 0. The summed E-state index contributed by atoms with van der Waals surface area (Å²) in [6.45, 7) is 8.78. The van der Waals surface area contributed by atoms with Crippen molar-refractivity contribution in [3.63, 3.8) is 0 Å². The van der Waals surface area contributed by atoms with Crippen molar-refractivity contribution in [1.82, 2.24) is 15.1 Å². The molecule has 1 aromatic rings. The largest absolute Gasteiger partial charge is 0.384 e. The van der Waals surface area contributed by atoms with Crippen LogP contribution in [-0.2, 0) is 0 Å². The minimum atomic E-state index is 0.0667. The lowest BCUT2D eigenvalue weighted by Gasteiger charge is -2.38. The molecule has 6 nitrogen and oxygen atoms in total. The van der Waals surface area contributed by atoms with Crippen LogP contribution in [0.5, 0.6) is 0 Å². The Morgan fingerprint density at radius 1 is 1.32 bits per heavy atom. The van der Waals surface area contributed by atoms with Gasteiger partial charge in [-0.3, -0.25) is 5.41 Å². The molecule has 1 aliphatic rings. The third-order valence-corrected chi connectivity index (χ3v) is 3.96. The lowest BCUT2D eigenvalue weighted by molar-refractivity contribution is 0.233. The standard InChI is InChI=1S/C13H22N6/c1-8-7-19(6-5-18(8)4)13-11(12(14)15)9(2)10(3)16-17-13/h8H,5-7H2,1-4H3,(H3,14,15). The van der Waals surface area contributed by atoms with E-state index in [0.717, 1.165) is 42.3 Å². The van der Waals surface area contributed by atoms with Crippen LogP contribution >= 0.6 is 0 Å². The number of nitrogens with one attached hydrogen (secondary N) is 1. The molecule has 1 unspecified atom stereocenters. The van der Waals surface area contributed by atoms with Gasteiger partial charge in [-0.2, -0.15) is 5.10 Å². The van der Waals surface area contributed by atoms with E-state index in [4.69, 9.17) is 11.1 Å². The minimum Gasteiger partial charge on any atom is -0.384 e. The molecule has 1 aliphatic heterocycles. The topological polar surface area (TPSA) is 82.1 Å². The number of piperazine rings is 1. The van der Waals surface area contributed by atoms with Gasteiger partial charge in [0.25, 0.3) is 0 Å². The summed E-state index contributed by atoms with van der Waals surface area (Å²) in [7, 11) is 2.12. The highest BCUT2D eigenvalue weighted by Crippen LogP contribution is 2.23. The molecule has 6 heteroatoms. The highest BCUT2D eigenvalue weighted by Gasteiger charge is 2.25. The predicted molar refractivity (Wildman–Crippen MR) is 76.8 cm³/mol. The van der Waals surface area contributed by atoms with Gasteiger partial charge in [0.15, 0.2) is 5.82 Å². The maximum Gasteiger partial charge on any atom is 0.162 e. The quantitative estimate of drug-likeness (QED) is 0.600. The van der Waals surface area contributed by atoms with Crippen LogP contribution in [0.1, 0.15) is 23.7 Å². The van der Waals surface area contributed by atoms with Gasteiger partial charge >= 0.3 is 0 Å². The molecule has 0 bridgehead atoms. The summed E-state index contributed by atoms with van der Waals surface area (Å²) in [6, 6.07) is 0.456. The number of aryl methyl sites for hydroxylation is 1. The Morgan fingerprint density at radius 3 is 2.58 bits per heavy atom. The summed E-state index contributed by atoms with van der Waals surface area (Å²) in [4.78, 5) is 4.50. The van der Waals surface area contributed by atoms with Crippen molar-refractivity contribution in [3.05, 3.63) is 16.8 Å². The zero-order chi connectivity index (χ0) is 14.2. The zero-order valence-corrected chi connectivity index (χ0v) is 12.1. The van der Waals surface area contributed by atoms with Crippen molar-refractivity contribution in [2.75, 3.05) is 31.6 Å². The molecule has 0 spiro atoms. The number of rotatable bonds is 2. The average molecular weight is 262 g/mol. The molecule has 0 aliphatic carbocycles. The van der Waals surface area contributed by atoms with Gasteiger partial charge in [-0.05, 0) is 33.4 Å². The molecule has 19 heavy (non-hydrogen) atoms. The molecule has 1 aromatic heterocycles. The number of likely N-dealkylation sites (N-methyl/N-ethyl adjacent to an activating group) is 1.